The molecule has 7 nitrogen and oxygen atoms in total. The highest BCUT2D eigenvalue weighted by molar-refractivity contribution is 5.98. The first-order valence-electron chi connectivity index (χ1n) is 9.82. The average Bonchev–Trinajstić information content (AvgIpc) is 3.47. The first-order valence-corrected chi connectivity index (χ1v) is 9.82. The van der Waals surface area contributed by atoms with Crippen molar-refractivity contribution >= 4 is 28.3 Å². The van der Waals surface area contributed by atoms with Gasteiger partial charge in [0.25, 0.3) is 0 Å². The molecule has 0 spiro atoms. The van der Waals surface area contributed by atoms with E-state index in [9.17, 15) is 9.90 Å². The van der Waals surface area contributed by atoms with Gasteiger partial charge in [0.2, 0.25) is 5.91 Å². The summed E-state index contributed by atoms with van der Waals surface area (Å²) in [5.41, 5.74) is 7.89. The molecule has 4 rings (SSSR count). The van der Waals surface area contributed by atoms with E-state index in [0.29, 0.717) is 35.6 Å². The van der Waals surface area contributed by atoms with Crippen LogP contribution in [0, 0.1) is 23.2 Å². The summed E-state index contributed by atoms with van der Waals surface area (Å²) in [6.07, 6.45) is 2.66. The van der Waals surface area contributed by atoms with E-state index in [0.717, 1.165) is 16.5 Å². The van der Waals surface area contributed by atoms with Crippen LogP contribution in [0.2, 0.25) is 0 Å². The van der Waals surface area contributed by atoms with Gasteiger partial charge in [-0.3, -0.25) is 4.79 Å². The minimum Gasteiger partial charge on any atom is -0.390 e. The van der Waals surface area contributed by atoms with Crippen molar-refractivity contribution in [2.45, 2.75) is 32.3 Å². The molecule has 0 aliphatic heterocycles. The fraction of sp³-hybridized carbons (Fsp3) is 0.304. The van der Waals surface area contributed by atoms with Crippen LogP contribution < -0.4 is 11.1 Å². The van der Waals surface area contributed by atoms with Crippen LogP contribution in [0.5, 0.6) is 0 Å². The molecule has 3 aromatic rings. The summed E-state index contributed by atoms with van der Waals surface area (Å²) < 4.78 is 0. The summed E-state index contributed by atoms with van der Waals surface area (Å²) >= 11 is 0. The maximum Gasteiger partial charge on any atom is 0.230 e. The first kappa shape index (κ1) is 19.8. The molecule has 0 saturated heterocycles. The number of hydrogen-bond donors (Lipinski definition) is 3. The Bertz CT molecular complexity index is 1180. The Labute approximate surface area is 174 Å². The summed E-state index contributed by atoms with van der Waals surface area (Å²) in [4.78, 5) is 21.1. The summed E-state index contributed by atoms with van der Waals surface area (Å²) in [5.74, 6) is 0.102. The number of carbonyl (C=O) groups excluding carboxylic acids is 1. The van der Waals surface area contributed by atoms with Crippen molar-refractivity contribution in [2.24, 2.45) is 11.8 Å². The van der Waals surface area contributed by atoms with Crippen molar-refractivity contribution in [1.82, 2.24) is 9.97 Å². The lowest BCUT2D eigenvalue weighted by Gasteiger charge is -2.19. The van der Waals surface area contributed by atoms with Gasteiger partial charge in [-0.1, -0.05) is 24.3 Å². The van der Waals surface area contributed by atoms with Crippen molar-refractivity contribution in [3.63, 3.8) is 0 Å². The standard InChI is InChI=1S/C23H23N5O2/c1-23(2,30)10-13-5-3-4-6-16(13)19-8-14-9-20(26-12-18(14)21(25)27-19)28-22(29)17-7-15(17)11-24/h3-6,8-9,12,15,17,30H,7,10H2,1-2H3,(H2,25,27)(H,26,28,29)/t15-,17+/m1/s1. The second-order valence-electron chi connectivity index (χ2n) is 8.40. The number of carbonyl (C=O) groups is 1. The average molecular weight is 401 g/mol. The van der Waals surface area contributed by atoms with E-state index in [2.05, 4.69) is 21.4 Å². The molecule has 30 heavy (non-hydrogen) atoms. The zero-order chi connectivity index (χ0) is 21.5. The zero-order valence-corrected chi connectivity index (χ0v) is 16.9. The predicted molar refractivity (Wildman–Crippen MR) is 115 cm³/mol. The molecule has 1 saturated carbocycles. The van der Waals surface area contributed by atoms with Crippen molar-refractivity contribution in [3.05, 3.63) is 48.2 Å². The van der Waals surface area contributed by atoms with E-state index in [1.165, 1.54) is 0 Å². The van der Waals surface area contributed by atoms with Crippen LogP contribution in [0.4, 0.5) is 11.6 Å². The maximum atomic E-state index is 12.3. The fourth-order valence-electron chi connectivity index (χ4n) is 3.62. The fourth-order valence-corrected chi connectivity index (χ4v) is 3.62. The van der Waals surface area contributed by atoms with Crippen LogP contribution in [-0.4, -0.2) is 26.6 Å². The van der Waals surface area contributed by atoms with Crippen LogP contribution in [0.15, 0.2) is 42.6 Å². The van der Waals surface area contributed by atoms with Gasteiger partial charge in [0.05, 0.1) is 29.2 Å². The van der Waals surface area contributed by atoms with E-state index in [1.54, 1.807) is 26.1 Å². The zero-order valence-electron chi connectivity index (χ0n) is 16.9. The third kappa shape index (κ3) is 4.09. The largest absolute Gasteiger partial charge is 0.390 e. The number of nitrogen functional groups attached to an aromatic ring is 1. The Morgan fingerprint density at radius 2 is 2.13 bits per heavy atom. The lowest BCUT2D eigenvalue weighted by atomic mass is 9.93. The number of fused-ring (bicyclic) bond motifs is 1. The summed E-state index contributed by atoms with van der Waals surface area (Å²) in [6, 6.07) is 13.6. The number of nitrogens with two attached hydrogens (primary N) is 1. The molecule has 0 unspecified atom stereocenters. The summed E-state index contributed by atoms with van der Waals surface area (Å²) in [7, 11) is 0. The Kier molecular flexibility index (Phi) is 4.88. The van der Waals surface area contributed by atoms with Crippen molar-refractivity contribution in [1.29, 1.82) is 5.26 Å². The minimum atomic E-state index is -0.857. The third-order valence-electron chi connectivity index (χ3n) is 5.21. The van der Waals surface area contributed by atoms with Gasteiger partial charge in [-0.25, -0.2) is 9.97 Å². The number of benzene rings is 1. The van der Waals surface area contributed by atoms with Gasteiger partial charge < -0.3 is 16.2 Å². The SMILES string of the molecule is CC(C)(O)Cc1ccccc1-c1cc2cc(NC(=O)[C@H]3C[C@@H]3C#N)ncc2c(N)n1. The molecule has 2 heterocycles. The minimum absolute atomic E-state index is 0.189. The highest BCUT2D eigenvalue weighted by Crippen LogP contribution is 2.38. The molecule has 1 aliphatic carbocycles. The number of rotatable bonds is 5. The molecule has 152 valence electrons. The normalized spacial score (nSPS) is 18.1. The Balaban J connectivity index is 1.70. The van der Waals surface area contributed by atoms with Gasteiger partial charge in [0, 0.05) is 23.6 Å². The number of nitrogens with zero attached hydrogens (tertiary/aromatic N) is 3. The van der Waals surface area contributed by atoms with Gasteiger partial charge in [-0.2, -0.15) is 5.26 Å². The molecule has 0 radical (unpaired) electrons. The second kappa shape index (κ2) is 7.39. The highest BCUT2D eigenvalue weighted by atomic mass is 16.3. The molecule has 7 heteroatoms. The van der Waals surface area contributed by atoms with Gasteiger partial charge in [-0.15, -0.1) is 0 Å². The molecule has 0 bridgehead atoms. The maximum absolute atomic E-state index is 12.3. The van der Waals surface area contributed by atoms with E-state index in [1.807, 2.05) is 30.3 Å². The molecule has 2 aromatic heterocycles. The van der Waals surface area contributed by atoms with Crippen LogP contribution in [0.1, 0.15) is 25.8 Å². The molecule has 1 fully saturated rings. The van der Waals surface area contributed by atoms with Crippen LogP contribution >= 0.6 is 0 Å². The Hall–Kier alpha value is -3.50. The molecular formula is C23H23N5O2. The topological polar surface area (TPSA) is 125 Å². The predicted octanol–water partition coefficient (Wildman–Crippen LogP) is 3.29. The van der Waals surface area contributed by atoms with Crippen LogP contribution in [0.3, 0.4) is 0 Å². The van der Waals surface area contributed by atoms with Gasteiger partial charge in [0.15, 0.2) is 0 Å². The highest BCUT2D eigenvalue weighted by Gasteiger charge is 2.43. The van der Waals surface area contributed by atoms with Crippen molar-refractivity contribution < 1.29 is 9.90 Å². The van der Waals surface area contributed by atoms with E-state index in [4.69, 9.17) is 11.0 Å². The number of nitrogens with one attached hydrogen (secondary N) is 1. The Morgan fingerprint density at radius 1 is 1.37 bits per heavy atom. The number of anilines is 2. The van der Waals surface area contributed by atoms with Crippen molar-refractivity contribution in [2.75, 3.05) is 11.1 Å². The lowest BCUT2D eigenvalue weighted by molar-refractivity contribution is -0.117. The number of amides is 1. The molecule has 1 amide bonds. The number of aliphatic hydroxyl groups is 1. The second-order valence-corrected chi connectivity index (χ2v) is 8.40. The molecule has 1 aromatic carbocycles. The van der Waals surface area contributed by atoms with Gasteiger partial charge in [0.1, 0.15) is 11.6 Å². The van der Waals surface area contributed by atoms with Gasteiger partial charge >= 0.3 is 0 Å². The summed E-state index contributed by atoms with van der Waals surface area (Å²) in [6.45, 7) is 3.53. The third-order valence-corrected chi connectivity index (χ3v) is 5.21. The first-order chi connectivity index (χ1) is 14.2. The van der Waals surface area contributed by atoms with E-state index >= 15 is 0 Å². The molecule has 1 aliphatic rings. The van der Waals surface area contributed by atoms with Crippen LogP contribution in [0.25, 0.3) is 22.0 Å². The van der Waals surface area contributed by atoms with Crippen LogP contribution in [-0.2, 0) is 11.2 Å². The summed E-state index contributed by atoms with van der Waals surface area (Å²) in [5, 5.41) is 23.5. The number of aromatic nitrogens is 2. The smallest absolute Gasteiger partial charge is 0.230 e. The number of pyridine rings is 2. The quantitative estimate of drug-likeness (QED) is 0.602. The Morgan fingerprint density at radius 3 is 2.83 bits per heavy atom. The number of nitriles is 1. The van der Waals surface area contributed by atoms with Crippen molar-refractivity contribution in [3.8, 4) is 17.3 Å². The molecule has 2 atom stereocenters. The van der Waals surface area contributed by atoms with E-state index in [-0.39, 0.29) is 17.7 Å². The lowest BCUT2D eigenvalue weighted by Crippen LogP contribution is -2.22. The van der Waals surface area contributed by atoms with Gasteiger partial charge in [-0.05, 0) is 43.4 Å². The number of hydrogen-bond acceptors (Lipinski definition) is 6. The van der Waals surface area contributed by atoms with E-state index < -0.39 is 5.60 Å². The monoisotopic (exact) mass is 401 g/mol. The molecule has 4 N–H and O–H groups in total. The molecular weight excluding hydrogens is 378 g/mol.